The highest BCUT2D eigenvalue weighted by atomic mass is 32.2. The number of carbonyl (C=O) groups is 1. The fraction of sp³-hybridized carbons (Fsp3) is 0.0870. The van der Waals surface area contributed by atoms with Crippen LogP contribution >= 0.6 is 11.3 Å². The number of sulfonamides is 1. The minimum Gasteiger partial charge on any atom is -0.467 e. The molecule has 0 bridgehead atoms. The molecule has 2 aromatic carbocycles. The predicted octanol–water partition coefficient (Wildman–Crippen LogP) is 4.76. The van der Waals surface area contributed by atoms with Crippen molar-refractivity contribution in [1.82, 2.24) is 5.32 Å². The summed E-state index contributed by atoms with van der Waals surface area (Å²) in [6.07, 6.45) is 1.52. The Morgan fingerprint density at radius 2 is 1.68 bits per heavy atom. The molecule has 2 aromatic heterocycles. The summed E-state index contributed by atoms with van der Waals surface area (Å²) in [4.78, 5) is 13.1. The minimum atomic E-state index is -4.02. The SMILES string of the molecule is CN(c1ccccc1)S(=O)(=O)c1c(-c2ccccc2)csc1C(=O)NCc1ccco1. The number of carbonyl (C=O) groups excluding carboxylic acids is 1. The number of thiophene rings is 1. The van der Waals surface area contributed by atoms with Gasteiger partial charge in [0.2, 0.25) is 0 Å². The highest BCUT2D eigenvalue weighted by Crippen LogP contribution is 2.37. The molecule has 0 saturated heterocycles. The van der Waals surface area contributed by atoms with Crippen LogP contribution in [0.3, 0.4) is 0 Å². The van der Waals surface area contributed by atoms with Crippen molar-refractivity contribution < 1.29 is 17.6 Å². The fourth-order valence-corrected chi connectivity index (χ4v) is 6.03. The van der Waals surface area contributed by atoms with Crippen molar-refractivity contribution in [2.45, 2.75) is 11.4 Å². The summed E-state index contributed by atoms with van der Waals surface area (Å²) < 4.78 is 33.8. The third-order valence-corrected chi connectivity index (χ3v) is 7.76. The lowest BCUT2D eigenvalue weighted by molar-refractivity contribution is 0.0949. The van der Waals surface area contributed by atoms with E-state index in [1.54, 1.807) is 41.8 Å². The number of nitrogens with one attached hydrogen (secondary N) is 1. The summed E-state index contributed by atoms with van der Waals surface area (Å²) in [6, 6.07) is 21.4. The molecule has 2 heterocycles. The maximum atomic E-state index is 13.7. The van der Waals surface area contributed by atoms with E-state index in [0.29, 0.717) is 17.0 Å². The summed E-state index contributed by atoms with van der Waals surface area (Å²) in [5.41, 5.74) is 1.73. The number of rotatable bonds is 7. The highest BCUT2D eigenvalue weighted by molar-refractivity contribution is 7.93. The lowest BCUT2D eigenvalue weighted by atomic mass is 10.1. The second kappa shape index (κ2) is 8.79. The van der Waals surface area contributed by atoms with E-state index in [4.69, 9.17) is 4.42 Å². The quantitative estimate of drug-likeness (QED) is 0.438. The molecule has 4 rings (SSSR count). The van der Waals surface area contributed by atoms with Gasteiger partial charge >= 0.3 is 0 Å². The Balaban J connectivity index is 1.78. The van der Waals surface area contributed by atoms with Crippen LogP contribution < -0.4 is 9.62 Å². The molecule has 4 aromatic rings. The van der Waals surface area contributed by atoms with Gasteiger partial charge in [-0.25, -0.2) is 8.42 Å². The number of para-hydroxylation sites is 1. The molecule has 0 atom stereocenters. The van der Waals surface area contributed by atoms with Crippen LogP contribution in [0.15, 0.2) is 93.8 Å². The molecule has 31 heavy (non-hydrogen) atoms. The third kappa shape index (κ3) is 4.26. The molecule has 0 spiro atoms. The number of nitrogens with zero attached hydrogens (tertiary/aromatic N) is 1. The molecular weight excluding hydrogens is 432 g/mol. The summed E-state index contributed by atoms with van der Waals surface area (Å²) in [5, 5.41) is 4.46. The van der Waals surface area contributed by atoms with Gasteiger partial charge in [0.15, 0.2) is 0 Å². The van der Waals surface area contributed by atoms with Gasteiger partial charge in [-0.3, -0.25) is 9.10 Å². The van der Waals surface area contributed by atoms with Crippen molar-refractivity contribution in [1.29, 1.82) is 0 Å². The first kappa shape index (κ1) is 20.9. The van der Waals surface area contributed by atoms with Crippen LogP contribution in [0.2, 0.25) is 0 Å². The van der Waals surface area contributed by atoms with Gasteiger partial charge in [0.25, 0.3) is 15.9 Å². The first-order chi connectivity index (χ1) is 15.0. The Hall–Kier alpha value is -3.36. The Kier molecular flexibility index (Phi) is 5.92. The van der Waals surface area contributed by atoms with Crippen molar-refractivity contribution in [3.8, 4) is 11.1 Å². The third-order valence-electron chi connectivity index (χ3n) is 4.78. The summed E-state index contributed by atoms with van der Waals surface area (Å²) in [5.74, 6) is 0.114. The fourth-order valence-electron chi connectivity index (χ4n) is 3.15. The van der Waals surface area contributed by atoms with E-state index in [-0.39, 0.29) is 16.3 Å². The van der Waals surface area contributed by atoms with E-state index in [2.05, 4.69) is 5.32 Å². The maximum absolute atomic E-state index is 13.7. The zero-order valence-electron chi connectivity index (χ0n) is 16.7. The highest BCUT2D eigenvalue weighted by Gasteiger charge is 2.32. The molecule has 1 N–H and O–H groups in total. The van der Waals surface area contributed by atoms with Crippen molar-refractivity contribution in [3.63, 3.8) is 0 Å². The van der Waals surface area contributed by atoms with Gasteiger partial charge in [-0.05, 0) is 29.8 Å². The van der Waals surface area contributed by atoms with Gasteiger partial charge in [-0.1, -0.05) is 48.5 Å². The second-order valence-corrected chi connectivity index (χ2v) is 9.53. The largest absolute Gasteiger partial charge is 0.467 e. The Bertz CT molecular complexity index is 1270. The number of hydrogen-bond acceptors (Lipinski definition) is 5. The van der Waals surface area contributed by atoms with Crippen LogP contribution in [-0.2, 0) is 16.6 Å². The molecular formula is C23H20N2O4S2. The Morgan fingerprint density at radius 1 is 1.00 bits per heavy atom. The molecule has 6 nitrogen and oxygen atoms in total. The first-order valence-corrected chi connectivity index (χ1v) is 11.8. The number of anilines is 1. The molecule has 0 unspecified atom stereocenters. The summed E-state index contributed by atoms with van der Waals surface area (Å²) in [6.45, 7) is 0.165. The average molecular weight is 453 g/mol. The standard InChI is InChI=1S/C23H20N2O4S2/c1-25(18-11-6-3-7-12-18)31(27,28)22-20(17-9-4-2-5-10-17)16-30-21(22)23(26)24-15-19-13-8-14-29-19/h2-14,16H,15H2,1H3,(H,24,26). The smallest absolute Gasteiger partial charge is 0.266 e. The Morgan fingerprint density at radius 3 is 2.32 bits per heavy atom. The van der Waals surface area contributed by atoms with E-state index in [9.17, 15) is 13.2 Å². The van der Waals surface area contributed by atoms with Gasteiger partial charge in [-0.2, -0.15) is 0 Å². The number of furan rings is 1. The number of hydrogen-bond donors (Lipinski definition) is 1. The molecule has 0 aliphatic carbocycles. The molecule has 1 amide bonds. The van der Waals surface area contributed by atoms with Crippen LogP contribution in [0.4, 0.5) is 5.69 Å². The summed E-state index contributed by atoms with van der Waals surface area (Å²) >= 11 is 1.11. The topological polar surface area (TPSA) is 79.6 Å². The van der Waals surface area contributed by atoms with Crippen molar-refractivity contribution in [2.75, 3.05) is 11.4 Å². The molecule has 0 radical (unpaired) electrons. The van der Waals surface area contributed by atoms with Gasteiger partial charge in [0.1, 0.15) is 15.5 Å². The van der Waals surface area contributed by atoms with Gasteiger partial charge in [0, 0.05) is 18.0 Å². The van der Waals surface area contributed by atoms with Crippen LogP contribution in [-0.4, -0.2) is 21.4 Å². The molecule has 0 aliphatic heterocycles. The average Bonchev–Trinajstić information content (AvgIpc) is 3.48. The van der Waals surface area contributed by atoms with E-state index >= 15 is 0 Å². The number of benzene rings is 2. The molecule has 8 heteroatoms. The minimum absolute atomic E-state index is 0.00741. The summed E-state index contributed by atoms with van der Waals surface area (Å²) in [7, 11) is -2.53. The molecule has 0 aliphatic rings. The van der Waals surface area contributed by atoms with Crippen molar-refractivity contribution in [2.24, 2.45) is 0 Å². The maximum Gasteiger partial charge on any atom is 0.266 e. The Labute approximate surface area is 184 Å². The first-order valence-electron chi connectivity index (χ1n) is 9.50. The van der Waals surface area contributed by atoms with Gasteiger partial charge in [-0.15, -0.1) is 11.3 Å². The predicted molar refractivity (Wildman–Crippen MR) is 122 cm³/mol. The van der Waals surface area contributed by atoms with Crippen LogP contribution in [0.1, 0.15) is 15.4 Å². The van der Waals surface area contributed by atoms with Crippen molar-refractivity contribution in [3.05, 3.63) is 95.1 Å². The van der Waals surface area contributed by atoms with Gasteiger partial charge < -0.3 is 9.73 Å². The zero-order chi connectivity index (χ0) is 21.8. The van der Waals surface area contributed by atoms with Crippen LogP contribution in [0.5, 0.6) is 0 Å². The van der Waals surface area contributed by atoms with Gasteiger partial charge in [0.05, 0.1) is 18.5 Å². The molecule has 0 fully saturated rings. The lowest BCUT2D eigenvalue weighted by Crippen LogP contribution is -2.30. The monoisotopic (exact) mass is 452 g/mol. The normalized spacial score (nSPS) is 11.3. The lowest BCUT2D eigenvalue weighted by Gasteiger charge is -2.21. The molecule has 0 saturated carbocycles. The molecule has 158 valence electrons. The van der Waals surface area contributed by atoms with Crippen molar-refractivity contribution >= 4 is 33.0 Å². The van der Waals surface area contributed by atoms with Crippen LogP contribution in [0.25, 0.3) is 11.1 Å². The second-order valence-electron chi connectivity index (χ2n) is 6.74. The van der Waals surface area contributed by atoms with E-state index in [1.807, 2.05) is 36.4 Å². The zero-order valence-corrected chi connectivity index (χ0v) is 18.3. The van der Waals surface area contributed by atoms with Crippen LogP contribution in [0, 0.1) is 0 Å². The van der Waals surface area contributed by atoms with E-state index in [0.717, 1.165) is 16.9 Å². The van der Waals surface area contributed by atoms with E-state index in [1.165, 1.54) is 17.6 Å². The van der Waals surface area contributed by atoms with E-state index < -0.39 is 15.9 Å². The number of amides is 1.